The minimum Gasteiger partial charge on any atom is -0.381 e. The van der Waals surface area contributed by atoms with Gasteiger partial charge in [0.1, 0.15) is 0 Å². The maximum Gasteiger partial charge on any atom is 0.0564 e. The fourth-order valence-electron chi connectivity index (χ4n) is 1.64. The van der Waals surface area contributed by atoms with Crippen molar-refractivity contribution in [3.8, 4) is 0 Å². The summed E-state index contributed by atoms with van der Waals surface area (Å²) in [5, 5.41) is 0. The Hall–Kier alpha value is -0.240. The largest absolute Gasteiger partial charge is 0.381 e. The summed E-state index contributed by atoms with van der Waals surface area (Å²) in [7, 11) is 0. The second-order valence-electron chi connectivity index (χ2n) is 5.40. The van der Waals surface area contributed by atoms with E-state index >= 15 is 0 Å². The van der Waals surface area contributed by atoms with Gasteiger partial charge in [0.15, 0.2) is 0 Å². The zero-order chi connectivity index (χ0) is 15.1. The molecular weight excluding hydrogens is 258 g/mol. The van der Waals surface area contributed by atoms with Gasteiger partial charge in [0, 0.05) is 25.2 Å². The molecule has 0 rings (SSSR count). The second kappa shape index (κ2) is 13.7. The van der Waals surface area contributed by atoms with Gasteiger partial charge < -0.3 is 31.4 Å². The van der Waals surface area contributed by atoms with Gasteiger partial charge in [-0.15, -0.1) is 0 Å². The highest BCUT2D eigenvalue weighted by atomic mass is 16.5. The Morgan fingerprint density at radius 1 is 0.650 bits per heavy atom. The van der Waals surface area contributed by atoms with Crippen molar-refractivity contribution >= 4 is 0 Å². The zero-order valence-corrected chi connectivity index (χ0v) is 12.9. The van der Waals surface area contributed by atoms with Crippen molar-refractivity contribution in [2.45, 2.75) is 26.2 Å². The van der Waals surface area contributed by atoms with E-state index in [4.69, 9.17) is 31.4 Å². The summed E-state index contributed by atoms with van der Waals surface area (Å²) in [6, 6.07) is 0. The lowest BCUT2D eigenvalue weighted by atomic mass is 9.94. The average molecular weight is 291 g/mol. The quantitative estimate of drug-likeness (QED) is 0.369. The van der Waals surface area contributed by atoms with Crippen molar-refractivity contribution in [2.75, 3.05) is 59.3 Å². The molecule has 0 saturated carbocycles. The van der Waals surface area contributed by atoms with Crippen LogP contribution in [0.5, 0.6) is 0 Å². The van der Waals surface area contributed by atoms with Crippen LogP contribution < -0.4 is 17.2 Å². The van der Waals surface area contributed by atoms with Crippen LogP contribution in [0.2, 0.25) is 0 Å². The van der Waals surface area contributed by atoms with E-state index in [0.29, 0.717) is 59.3 Å². The summed E-state index contributed by atoms with van der Waals surface area (Å²) in [5.41, 5.74) is 16.2. The lowest BCUT2D eigenvalue weighted by Gasteiger charge is -2.29. The van der Waals surface area contributed by atoms with Crippen LogP contribution >= 0.6 is 0 Å². The molecule has 0 unspecified atom stereocenters. The van der Waals surface area contributed by atoms with Crippen molar-refractivity contribution in [3.63, 3.8) is 0 Å². The normalized spacial score (nSPS) is 12.0. The molecule has 0 fully saturated rings. The molecule has 0 heterocycles. The topological polar surface area (TPSA) is 106 Å². The first kappa shape index (κ1) is 19.8. The lowest BCUT2D eigenvalue weighted by Crippen LogP contribution is -2.35. The van der Waals surface area contributed by atoms with Crippen LogP contribution in [0.25, 0.3) is 0 Å². The molecule has 0 amide bonds. The van der Waals surface area contributed by atoms with Crippen LogP contribution in [0.4, 0.5) is 0 Å². The van der Waals surface area contributed by atoms with Crippen molar-refractivity contribution < 1.29 is 14.2 Å². The lowest BCUT2D eigenvalue weighted by molar-refractivity contribution is -0.0601. The van der Waals surface area contributed by atoms with Crippen molar-refractivity contribution in [1.82, 2.24) is 0 Å². The van der Waals surface area contributed by atoms with Crippen LogP contribution in [-0.4, -0.2) is 59.3 Å². The average Bonchev–Trinajstić information content (AvgIpc) is 2.45. The van der Waals surface area contributed by atoms with E-state index in [-0.39, 0.29) is 5.41 Å². The van der Waals surface area contributed by atoms with Gasteiger partial charge in [0.25, 0.3) is 0 Å². The molecular formula is C14H33N3O3. The molecule has 6 heteroatoms. The molecule has 0 radical (unpaired) electrons. The first-order chi connectivity index (χ1) is 9.68. The third kappa shape index (κ3) is 11.6. The molecule has 0 aromatic carbocycles. The van der Waals surface area contributed by atoms with E-state index in [2.05, 4.69) is 6.92 Å². The fraction of sp³-hybridized carbons (Fsp3) is 1.00. The highest BCUT2D eigenvalue weighted by molar-refractivity contribution is 4.73. The minimum absolute atomic E-state index is 0.141. The highest BCUT2D eigenvalue weighted by Crippen LogP contribution is 2.18. The molecule has 0 spiro atoms. The van der Waals surface area contributed by atoms with Crippen LogP contribution in [-0.2, 0) is 14.2 Å². The summed E-state index contributed by atoms with van der Waals surface area (Å²) in [6.07, 6.45) is 2.62. The van der Waals surface area contributed by atoms with E-state index in [1.54, 1.807) is 0 Å². The van der Waals surface area contributed by atoms with Crippen LogP contribution in [0, 0.1) is 5.41 Å². The Morgan fingerprint density at radius 3 is 1.20 bits per heavy atom. The van der Waals surface area contributed by atoms with Crippen LogP contribution in [0.3, 0.4) is 0 Å². The number of ether oxygens (including phenoxy) is 3. The van der Waals surface area contributed by atoms with Gasteiger partial charge in [-0.05, 0) is 38.9 Å². The summed E-state index contributed by atoms with van der Waals surface area (Å²) in [5.74, 6) is 0. The number of hydrogen-bond acceptors (Lipinski definition) is 6. The third-order valence-electron chi connectivity index (χ3n) is 2.83. The number of rotatable bonds is 15. The number of hydrogen-bond donors (Lipinski definition) is 3. The smallest absolute Gasteiger partial charge is 0.0564 e. The van der Waals surface area contributed by atoms with E-state index in [0.717, 1.165) is 19.3 Å². The Balaban J connectivity index is 3.98. The highest BCUT2D eigenvalue weighted by Gasteiger charge is 2.25. The molecule has 20 heavy (non-hydrogen) atoms. The van der Waals surface area contributed by atoms with E-state index in [9.17, 15) is 0 Å². The van der Waals surface area contributed by atoms with Gasteiger partial charge in [-0.2, -0.15) is 0 Å². The maximum absolute atomic E-state index is 5.66. The maximum atomic E-state index is 5.66. The zero-order valence-electron chi connectivity index (χ0n) is 12.9. The molecule has 6 N–H and O–H groups in total. The first-order valence-corrected chi connectivity index (χ1v) is 7.52. The predicted molar refractivity (Wildman–Crippen MR) is 81.6 cm³/mol. The Kier molecular flexibility index (Phi) is 13.6. The van der Waals surface area contributed by atoms with Crippen molar-refractivity contribution in [1.29, 1.82) is 0 Å². The molecule has 0 saturated heterocycles. The summed E-state index contributed by atoms with van der Waals surface area (Å²) >= 11 is 0. The van der Waals surface area contributed by atoms with Gasteiger partial charge in [-0.25, -0.2) is 0 Å². The molecule has 0 aliphatic carbocycles. The number of nitrogens with two attached hydrogens (primary N) is 3. The van der Waals surface area contributed by atoms with Gasteiger partial charge >= 0.3 is 0 Å². The van der Waals surface area contributed by atoms with Gasteiger partial charge in [0.2, 0.25) is 0 Å². The van der Waals surface area contributed by atoms with Gasteiger partial charge in [-0.3, -0.25) is 0 Å². The molecule has 0 aromatic rings. The molecule has 122 valence electrons. The third-order valence-corrected chi connectivity index (χ3v) is 2.83. The van der Waals surface area contributed by atoms with E-state index < -0.39 is 0 Å². The summed E-state index contributed by atoms with van der Waals surface area (Å²) in [6.45, 7) is 7.92. The van der Waals surface area contributed by atoms with Crippen molar-refractivity contribution in [2.24, 2.45) is 22.6 Å². The Labute approximate surface area is 123 Å². The summed E-state index contributed by atoms with van der Waals surface area (Å²) in [4.78, 5) is 0. The van der Waals surface area contributed by atoms with E-state index in [1.807, 2.05) is 0 Å². The second-order valence-corrected chi connectivity index (χ2v) is 5.40. The Bertz CT molecular complexity index is 175. The Morgan fingerprint density at radius 2 is 0.950 bits per heavy atom. The molecule has 0 bridgehead atoms. The minimum atomic E-state index is -0.141. The molecule has 6 nitrogen and oxygen atoms in total. The van der Waals surface area contributed by atoms with Gasteiger partial charge in [-0.1, -0.05) is 6.92 Å². The molecule has 0 aliphatic rings. The standard InChI is InChI=1S/C14H33N3O3/c1-14(11-18-8-2-5-15,12-19-9-3-6-16)13-20-10-4-7-17/h2-13,15-17H2,1H3. The van der Waals surface area contributed by atoms with Crippen LogP contribution in [0.15, 0.2) is 0 Å². The van der Waals surface area contributed by atoms with E-state index in [1.165, 1.54) is 0 Å². The van der Waals surface area contributed by atoms with Crippen LogP contribution in [0.1, 0.15) is 26.2 Å². The molecule has 0 aliphatic heterocycles. The summed E-state index contributed by atoms with van der Waals surface area (Å²) < 4.78 is 17.0. The van der Waals surface area contributed by atoms with Crippen molar-refractivity contribution in [3.05, 3.63) is 0 Å². The van der Waals surface area contributed by atoms with Gasteiger partial charge in [0.05, 0.1) is 19.8 Å². The molecule has 0 atom stereocenters. The fourth-order valence-corrected chi connectivity index (χ4v) is 1.64. The SMILES string of the molecule is CC(COCCCN)(COCCCN)COCCCN. The monoisotopic (exact) mass is 291 g/mol. The first-order valence-electron chi connectivity index (χ1n) is 7.52. The predicted octanol–water partition coefficient (Wildman–Crippen LogP) is 0.0889. The molecule has 0 aromatic heterocycles.